The lowest BCUT2D eigenvalue weighted by molar-refractivity contribution is -0.140. The van der Waals surface area contributed by atoms with Crippen LogP contribution in [0.2, 0.25) is 10.0 Å². The summed E-state index contributed by atoms with van der Waals surface area (Å²) in [5.74, 6) is -1.10. The molecule has 2 aromatic rings. The third-order valence-electron chi connectivity index (χ3n) is 5.98. The van der Waals surface area contributed by atoms with Crippen LogP contribution in [0.25, 0.3) is 5.76 Å². The monoisotopic (exact) mass is 504 g/mol. The van der Waals surface area contributed by atoms with E-state index >= 15 is 0 Å². The van der Waals surface area contributed by atoms with Crippen LogP contribution in [0.4, 0.5) is 0 Å². The molecule has 0 bridgehead atoms. The third kappa shape index (κ3) is 5.08. The van der Waals surface area contributed by atoms with Crippen molar-refractivity contribution in [1.29, 1.82) is 0 Å². The quantitative estimate of drug-likeness (QED) is 0.346. The summed E-state index contributed by atoms with van der Waals surface area (Å²) in [6.07, 6.45) is 0. The number of benzene rings is 2. The summed E-state index contributed by atoms with van der Waals surface area (Å²) < 4.78 is 10.9. The number of aliphatic hydroxyl groups is 1. The van der Waals surface area contributed by atoms with E-state index in [4.69, 9.17) is 32.7 Å². The van der Waals surface area contributed by atoms with E-state index in [2.05, 4.69) is 4.90 Å². The average Bonchev–Trinajstić information content (AvgIpc) is 3.10. The van der Waals surface area contributed by atoms with Gasteiger partial charge in [0.15, 0.2) is 0 Å². The zero-order valence-electron chi connectivity index (χ0n) is 18.8. The summed E-state index contributed by atoms with van der Waals surface area (Å²) in [7, 11) is 0. The number of aliphatic hydroxyl groups excluding tert-OH is 1. The second-order valence-corrected chi connectivity index (χ2v) is 8.90. The highest BCUT2D eigenvalue weighted by Crippen LogP contribution is 2.41. The number of rotatable bonds is 7. The van der Waals surface area contributed by atoms with Crippen LogP contribution in [0.5, 0.6) is 5.75 Å². The minimum Gasteiger partial charge on any atom is -0.507 e. The molecule has 9 heteroatoms. The SMILES string of the molecule is CCOc1cccc(C(O)=C2C(=O)C(=O)N(CCN3CCOCC3)C2c2ccc(Cl)c(Cl)c2)c1. The standard InChI is InChI=1S/C25H26Cl2N2O5/c1-2-34-18-5-3-4-17(14-18)23(30)21-22(16-6-7-19(26)20(27)15-16)29(25(32)24(21)31)9-8-28-10-12-33-13-11-28/h3-7,14-15,22,30H,2,8-13H2,1H3. The highest BCUT2D eigenvalue weighted by molar-refractivity contribution is 6.46. The van der Waals surface area contributed by atoms with E-state index in [0.717, 1.165) is 13.1 Å². The fourth-order valence-corrected chi connectivity index (χ4v) is 4.58. The molecule has 7 nitrogen and oxygen atoms in total. The number of ketones is 1. The number of nitrogens with zero attached hydrogens (tertiary/aromatic N) is 2. The molecule has 1 unspecified atom stereocenters. The molecule has 0 aromatic heterocycles. The first kappa shape index (κ1) is 24.5. The summed E-state index contributed by atoms with van der Waals surface area (Å²) in [5.41, 5.74) is 0.999. The number of amides is 1. The molecule has 2 saturated heterocycles. The maximum absolute atomic E-state index is 13.2. The van der Waals surface area contributed by atoms with E-state index in [1.54, 1.807) is 42.5 Å². The second kappa shape index (κ2) is 10.8. The van der Waals surface area contributed by atoms with Gasteiger partial charge in [0, 0.05) is 31.7 Å². The predicted molar refractivity (Wildman–Crippen MR) is 130 cm³/mol. The van der Waals surface area contributed by atoms with Crippen molar-refractivity contribution in [2.75, 3.05) is 46.0 Å². The van der Waals surface area contributed by atoms with Gasteiger partial charge in [0.25, 0.3) is 11.7 Å². The van der Waals surface area contributed by atoms with Crippen molar-refractivity contribution < 1.29 is 24.2 Å². The van der Waals surface area contributed by atoms with Gasteiger partial charge < -0.3 is 19.5 Å². The molecule has 0 aliphatic carbocycles. The fourth-order valence-electron chi connectivity index (χ4n) is 4.27. The maximum Gasteiger partial charge on any atom is 0.295 e. The van der Waals surface area contributed by atoms with Crippen LogP contribution in [0, 0.1) is 0 Å². The van der Waals surface area contributed by atoms with Crippen molar-refractivity contribution in [3.05, 3.63) is 69.2 Å². The van der Waals surface area contributed by atoms with Gasteiger partial charge in [-0.1, -0.05) is 41.4 Å². The average molecular weight is 505 g/mol. The molecule has 2 aliphatic heterocycles. The Morgan fingerprint density at radius 3 is 2.56 bits per heavy atom. The highest BCUT2D eigenvalue weighted by atomic mass is 35.5. The largest absolute Gasteiger partial charge is 0.507 e. The summed E-state index contributed by atoms with van der Waals surface area (Å²) in [5, 5.41) is 11.9. The molecule has 2 fully saturated rings. The van der Waals surface area contributed by atoms with Crippen molar-refractivity contribution in [2.24, 2.45) is 0 Å². The summed E-state index contributed by atoms with van der Waals surface area (Å²) in [6.45, 7) is 5.98. The van der Waals surface area contributed by atoms with E-state index in [0.29, 0.717) is 59.8 Å². The number of halogens is 2. The van der Waals surface area contributed by atoms with Gasteiger partial charge in [-0.3, -0.25) is 14.5 Å². The Balaban J connectivity index is 1.76. The van der Waals surface area contributed by atoms with Gasteiger partial charge in [0.2, 0.25) is 0 Å². The second-order valence-electron chi connectivity index (χ2n) is 8.08. The van der Waals surface area contributed by atoms with Crippen LogP contribution in [-0.4, -0.2) is 72.6 Å². The molecule has 34 heavy (non-hydrogen) atoms. The molecular formula is C25H26Cl2N2O5. The number of ether oxygens (including phenoxy) is 2. The van der Waals surface area contributed by atoms with Gasteiger partial charge in [-0.15, -0.1) is 0 Å². The molecule has 4 rings (SSSR count). The molecule has 2 aromatic carbocycles. The Kier molecular flexibility index (Phi) is 7.78. The Labute approximate surface area is 208 Å². The third-order valence-corrected chi connectivity index (χ3v) is 6.72. The number of likely N-dealkylation sites (tertiary alicyclic amines) is 1. The molecule has 1 N–H and O–H groups in total. The first-order valence-corrected chi connectivity index (χ1v) is 11.9. The minimum atomic E-state index is -0.799. The van der Waals surface area contributed by atoms with E-state index < -0.39 is 17.7 Å². The van der Waals surface area contributed by atoms with Crippen LogP contribution < -0.4 is 4.74 Å². The first-order chi connectivity index (χ1) is 16.4. The smallest absolute Gasteiger partial charge is 0.295 e. The Morgan fingerprint density at radius 2 is 1.85 bits per heavy atom. The predicted octanol–water partition coefficient (Wildman–Crippen LogP) is 4.15. The zero-order chi connectivity index (χ0) is 24.2. The lowest BCUT2D eigenvalue weighted by Gasteiger charge is -2.31. The van der Waals surface area contributed by atoms with E-state index in [1.165, 1.54) is 4.90 Å². The first-order valence-electron chi connectivity index (χ1n) is 11.2. The lowest BCUT2D eigenvalue weighted by Crippen LogP contribution is -2.42. The number of carbonyl (C=O) groups is 2. The summed E-state index contributed by atoms with van der Waals surface area (Å²) >= 11 is 12.4. The maximum atomic E-state index is 13.2. The van der Waals surface area contributed by atoms with Gasteiger partial charge in [0.1, 0.15) is 11.5 Å². The summed E-state index contributed by atoms with van der Waals surface area (Å²) in [6, 6.07) is 11.0. The number of Topliss-reactive ketones (excluding diaryl/α,β-unsaturated/α-hetero) is 1. The van der Waals surface area contributed by atoms with Gasteiger partial charge in [-0.2, -0.15) is 0 Å². The van der Waals surface area contributed by atoms with Gasteiger partial charge in [0.05, 0.1) is 41.5 Å². The minimum absolute atomic E-state index is 0.0130. The Morgan fingerprint density at radius 1 is 1.09 bits per heavy atom. The highest BCUT2D eigenvalue weighted by Gasteiger charge is 2.46. The van der Waals surface area contributed by atoms with Crippen molar-refractivity contribution in [1.82, 2.24) is 9.80 Å². The normalized spacial score (nSPS) is 20.7. The lowest BCUT2D eigenvalue weighted by atomic mass is 9.95. The topological polar surface area (TPSA) is 79.3 Å². The molecule has 1 atom stereocenters. The van der Waals surface area contributed by atoms with Crippen molar-refractivity contribution in [3.63, 3.8) is 0 Å². The van der Waals surface area contributed by atoms with Crippen molar-refractivity contribution in [3.8, 4) is 5.75 Å². The Hall–Kier alpha value is -2.58. The number of hydrogen-bond acceptors (Lipinski definition) is 6. The molecular weight excluding hydrogens is 479 g/mol. The zero-order valence-corrected chi connectivity index (χ0v) is 20.3. The molecule has 0 spiro atoms. The van der Waals surface area contributed by atoms with E-state index in [9.17, 15) is 14.7 Å². The molecule has 180 valence electrons. The van der Waals surface area contributed by atoms with Gasteiger partial charge >= 0.3 is 0 Å². The summed E-state index contributed by atoms with van der Waals surface area (Å²) in [4.78, 5) is 30.0. The van der Waals surface area contributed by atoms with Gasteiger partial charge in [-0.25, -0.2) is 0 Å². The molecule has 2 aliphatic rings. The van der Waals surface area contributed by atoms with Crippen LogP contribution in [-0.2, 0) is 14.3 Å². The Bertz CT molecular complexity index is 1110. The molecule has 0 saturated carbocycles. The molecule has 0 radical (unpaired) electrons. The van der Waals surface area contributed by atoms with Crippen LogP contribution in [0.3, 0.4) is 0 Å². The fraction of sp³-hybridized carbons (Fsp3) is 0.360. The number of hydrogen-bond donors (Lipinski definition) is 1. The molecule has 2 heterocycles. The van der Waals surface area contributed by atoms with Crippen molar-refractivity contribution in [2.45, 2.75) is 13.0 Å². The van der Waals surface area contributed by atoms with Crippen LogP contribution in [0.1, 0.15) is 24.1 Å². The van der Waals surface area contributed by atoms with Crippen LogP contribution >= 0.6 is 23.2 Å². The van der Waals surface area contributed by atoms with E-state index in [1.807, 2.05) is 6.92 Å². The number of morpholine rings is 1. The van der Waals surface area contributed by atoms with Gasteiger partial charge in [-0.05, 0) is 36.8 Å². The van der Waals surface area contributed by atoms with E-state index in [-0.39, 0.29) is 11.3 Å². The number of carbonyl (C=O) groups excluding carboxylic acids is 2. The van der Waals surface area contributed by atoms with Crippen molar-refractivity contribution >= 4 is 40.7 Å². The van der Waals surface area contributed by atoms with Crippen LogP contribution in [0.15, 0.2) is 48.0 Å². The molecule has 1 amide bonds.